The van der Waals surface area contributed by atoms with Crippen LogP contribution in [0, 0.1) is 0 Å². The van der Waals surface area contributed by atoms with E-state index < -0.39 is 5.54 Å². The van der Waals surface area contributed by atoms with Crippen LogP contribution in [0.25, 0.3) is 0 Å². The molecule has 3 N–H and O–H groups in total. The lowest BCUT2D eigenvalue weighted by Crippen LogP contribution is -2.50. The SMILES string of the molecule is COc1cccc(/C=N/NC(=S)NC(c2ccccc2)(c2ccccc2)c2ccccc2)c1O. The second-order valence-electron chi connectivity index (χ2n) is 7.57. The van der Waals surface area contributed by atoms with Gasteiger partial charge in [-0.15, -0.1) is 0 Å². The number of nitrogens with zero attached hydrogens (tertiary/aromatic N) is 1. The van der Waals surface area contributed by atoms with Crippen molar-refractivity contribution in [2.75, 3.05) is 7.11 Å². The van der Waals surface area contributed by atoms with E-state index in [0.29, 0.717) is 16.4 Å². The Morgan fingerprint density at radius 3 is 1.76 bits per heavy atom. The Labute approximate surface area is 204 Å². The normalized spacial score (nSPS) is 11.2. The number of benzene rings is 4. The predicted octanol–water partition coefficient (Wildman–Crippen LogP) is 5.19. The maximum absolute atomic E-state index is 10.3. The maximum Gasteiger partial charge on any atom is 0.188 e. The van der Waals surface area contributed by atoms with E-state index in [-0.39, 0.29) is 5.75 Å². The highest BCUT2D eigenvalue weighted by Gasteiger charge is 2.36. The topological polar surface area (TPSA) is 65.9 Å². The fourth-order valence-electron chi connectivity index (χ4n) is 3.95. The van der Waals surface area contributed by atoms with E-state index in [4.69, 9.17) is 17.0 Å². The highest BCUT2D eigenvalue weighted by Crippen LogP contribution is 2.36. The van der Waals surface area contributed by atoms with E-state index in [1.54, 1.807) is 18.2 Å². The summed E-state index contributed by atoms with van der Waals surface area (Å²) in [7, 11) is 1.50. The molecule has 0 saturated heterocycles. The number of nitrogens with one attached hydrogen (secondary N) is 2. The average Bonchev–Trinajstić information content (AvgIpc) is 2.90. The van der Waals surface area contributed by atoms with Gasteiger partial charge < -0.3 is 15.2 Å². The van der Waals surface area contributed by atoms with Crippen molar-refractivity contribution in [2.45, 2.75) is 5.54 Å². The van der Waals surface area contributed by atoms with E-state index >= 15 is 0 Å². The molecule has 4 rings (SSSR count). The van der Waals surface area contributed by atoms with Gasteiger partial charge in [-0.25, -0.2) is 0 Å². The third-order valence-electron chi connectivity index (χ3n) is 5.54. The van der Waals surface area contributed by atoms with Gasteiger partial charge in [0.05, 0.1) is 13.3 Å². The number of phenols is 1. The van der Waals surface area contributed by atoms with Crippen LogP contribution in [-0.2, 0) is 5.54 Å². The number of ether oxygens (including phenoxy) is 1. The lowest BCUT2D eigenvalue weighted by atomic mass is 9.77. The van der Waals surface area contributed by atoms with Gasteiger partial charge in [0, 0.05) is 5.56 Å². The lowest BCUT2D eigenvalue weighted by Gasteiger charge is -2.37. The fraction of sp³-hybridized carbons (Fsp3) is 0.0714. The summed E-state index contributed by atoms with van der Waals surface area (Å²) >= 11 is 5.68. The van der Waals surface area contributed by atoms with Gasteiger partial charge in [0.15, 0.2) is 16.6 Å². The first-order chi connectivity index (χ1) is 16.6. The molecule has 34 heavy (non-hydrogen) atoms. The number of hydrogen-bond donors (Lipinski definition) is 3. The van der Waals surface area contributed by atoms with Gasteiger partial charge >= 0.3 is 0 Å². The molecular formula is C28H25N3O2S. The van der Waals surface area contributed by atoms with Gasteiger partial charge in [0.1, 0.15) is 5.54 Å². The van der Waals surface area contributed by atoms with Gasteiger partial charge in [0.25, 0.3) is 0 Å². The first kappa shape index (κ1) is 23.0. The quantitative estimate of drug-likeness (QED) is 0.151. The molecule has 170 valence electrons. The Hall–Kier alpha value is -4.16. The number of para-hydroxylation sites is 1. The molecule has 0 atom stereocenters. The molecule has 6 heteroatoms. The number of hydrazone groups is 1. The van der Waals surface area contributed by atoms with Crippen molar-refractivity contribution in [3.8, 4) is 11.5 Å². The highest BCUT2D eigenvalue weighted by molar-refractivity contribution is 7.80. The molecule has 0 radical (unpaired) electrons. The molecule has 0 saturated carbocycles. The number of hydrogen-bond acceptors (Lipinski definition) is 4. The van der Waals surface area contributed by atoms with Crippen molar-refractivity contribution in [2.24, 2.45) is 5.10 Å². The molecule has 0 unspecified atom stereocenters. The predicted molar refractivity (Wildman–Crippen MR) is 140 cm³/mol. The van der Waals surface area contributed by atoms with Crippen LogP contribution in [0.15, 0.2) is 114 Å². The van der Waals surface area contributed by atoms with Crippen LogP contribution in [0.3, 0.4) is 0 Å². The van der Waals surface area contributed by atoms with Crippen LogP contribution in [-0.4, -0.2) is 23.5 Å². The largest absolute Gasteiger partial charge is 0.504 e. The fourth-order valence-corrected chi connectivity index (χ4v) is 4.15. The molecule has 0 aliphatic heterocycles. The van der Waals surface area contributed by atoms with Crippen molar-refractivity contribution in [3.05, 3.63) is 131 Å². The Morgan fingerprint density at radius 2 is 1.29 bits per heavy atom. The summed E-state index contributed by atoms with van der Waals surface area (Å²) in [4.78, 5) is 0. The van der Waals surface area contributed by atoms with Crippen LogP contribution in [0.2, 0.25) is 0 Å². The third kappa shape index (κ3) is 4.77. The van der Waals surface area contributed by atoms with Crippen LogP contribution in [0.1, 0.15) is 22.3 Å². The summed E-state index contributed by atoms with van der Waals surface area (Å²) in [6.07, 6.45) is 1.50. The van der Waals surface area contributed by atoms with Crippen molar-refractivity contribution in [1.82, 2.24) is 10.7 Å². The summed E-state index contributed by atoms with van der Waals surface area (Å²) in [5.41, 5.74) is 5.76. The monoisotopic (exact) mass is 467 g/mol. The molecule has 0 aliphatic rings. The van der Waals surface area contributed by atoms with E-state index in [1.165, 1.54) is 13.3 Å². The molecular weight excluding hydrogens is 442 g/mol. The Morgan fingerprint density at radius 1 is 0.794 bits per heavy atom. The highest BCUT2D eigenvalue weighted by atomic mass is 32.1. The number of methoxy groups -OCH3 is 1. The molecule has 0 spiro atoms. The van der Waals surface area contributed by atoms with Gasteiger partial charge in [-0.05, 0) is 41.0 Å². The van der Waals surface area contributed by atoms with Crippen molar-refractivity contribution in [3.63, 3.8) is 0 Å². The zero-order valence-electron chi connectivity index (χ0n) is 18.7. The molecule has 0 amide bonds. The smallest absolute Gasteiger partial charge is 0.188 e. The van der Waals surface area contributed by atoms with Gasteiger partial charge in [0.2, 0.25) is 0 Å². The Kier molecular flexibility index (Phi) is 7.20. The van der Waals surface area contributed by atoms with Crippen molar-refractivity contribution in [1.29, 1.82) is 0 Å². The second kappa shape index (κ2) is 10.6. The standard InChI is InChI=1S/C28H25N3O2S/c1-33-25-19-11-12-21(26(25)32)20-29-31-27(34)30-28(22-13-5-2-6-14-22,23-15-7-3-8-16-23)24-17-9-4-10-18-24/h2-20,32H,1H3,(H2,30,31,34)/b29-20+. The van der Waals surface area contributed by atoms with E-state index in [9.17, 15) is 5.11 Å². The molecule has 0 aromatic heterocycles. The minimum atomic E-state index is -0.749. The molecule has 5 nitrogen and oxygen atoms in total. The maximum atomic E-state index is 10.3. The number of thiocarbonyl (C=S) groups is 1. The van der Waals surface area contributed by atoms with Gasteiger partial charge in [-0.1, -0.05) is 97.1 Å². The van der Waals surface area contributed by atoms with Gasteiger partial charge in [-0.2, -0.15) is 5.10 Å². The second-order valence-corrected chi connectivity index (χ2v) is 7.98. The summed E-state index contributed by atoms with van der Waals surface area (Å²) in [5.74, 6) is 0.391. The minimum Gasteiger partial charge on any atom is -0.504 e. The number of rotatable bonds is 7. The molecule has 0 heterocycles. The van der Waals surface area contributed by atoms with E-state index in [0.717, 1.165) is 16.7 Å². The van der Waals surface area contributed by atoms with Crippen molar-refractivity contribution >= 4 is 23.5 Å². The van der Waals surface area contributed by atoms with Crippen LogP contribution in [0.5, 0.6) is 11.5 Å². The lowest BCUT2D eigenvalue weighted by molar-refractivity contribution is 0.373. The molecule has 4 aromatic carbocycles. The zero-order valence-corrected chi connectivity index (χ0v) is 19.5. The molecule has 0 bridgehead atoms. The van der Waals surface area contributed by atoms with Crippen LogP contribution < -0.4 is 15.5 Å². The third-order valence-corrected chi connectivity index (χ3v) is 5.73. The summed E-state index contributed by atoms with van der Waals surface area (Å²) in [5, 5.41) is 18.4. The number of phenolic OH excluding ortho intramolecular Hbond substituents is 1. The molecule has 4 aromatic rings. The van der Waals surface area contributed by atoms with Crippen molar-refractivity contribution < 1.29 is 9.84 Å². The van der Waals surface area contributed by atoms with Gasteiger partial charge in [-0.3, -0.25) is 5.43 Å². The Balaban J connectivity index is 1.70. The van der Waals surface area contributed by atoms with Crippen LogP contribution >= 0.6 is 12.2 Å². The van der Waals surface area contributed by atoms with E-state index in [2.05, 4.69) is 52.2 Å². The number of aromatic hydroxyl groups is 1. The first-order valence-electron chi connectivity index (χ1n) is 10.8. The van der Waals surface area contributed by atoms with Crippen LogP contribution in [0.4, 0.5) is 0 Å². The summed E-state index contributed by atoms with van der Waals surface area (Å²) < 4.78 is 5.16. The summed E-state index contributed by atoms with van der Waals surface area (Å²) in [6.45, 7) is 0. The first-order valence-corrected chi connectivity index (χ1v) is 11.2. The molecule has 0 fully saturated rings. The molecule has 0 aliphatic carbocycles. The zero-order chi connectivity index (χ0) is 23.8. The minimum absolute atomic E-state index is 0.0154. The van der Waals surface area contributed by atoms with E-state index in [1.807, 2.05) is 54.6 Å². The Bertz CT molecular complexity index is 1170. The average molecular weight is 468 g/mol. The summed E-state index contributed by atoms with van der Waals surface area (Å²) in [6, 6.07) is 35.7.